The van der Waals surface area contributed by atoms with Gasteiger partial charge < -0.3 is 14.9 Å². The predicted octanol–water partition coefficient (Wildman–Crippen LogP) is 3.88. The number of carbonyl (C=O) groups is 3. The summed E-state index contributed by atoms with van der Waals surface area (Å²) < 4.78 is 12.8. The van der Waals surface area contributed by atoms with Crippen LogP contribution < -0.4 is 15.9 Å². The van der Waals surface area contributed by atoms with Crippen LogP contribution in [-0.2, 0) is 9.59 Å². The number of fused-ring (bicyclic) bond motifs is 1. The number of hydrogen-bond donors (Lipinski definition) is 1. The summed E-state index contributed by atoms with van der Waals surface area (Å²) in [6.45, 7) is 0.173. The second-order valence-corrected chi connectivity index (χ2v) is 9.01. The first-order valence-electron chi connectivity index (χ1n) is 12.5. The molecule has 0 saturated carbocycles. The summed E-state index contributed by atoms with van der Waals surface area (Å²) in [5.74, 6) is -0.629. The number of carbonyl (C=O) groups excluding carboxylic acids is 3. The highest BCUT2D eigenvalue weighted by molar-refractivity contribution is 6.68. The molecular formula is C30H25N4O6+. The third kappa shape index (κ3) is 5.28. The Hall–Kier alpha value is -5.38. The van der Waals surface area contributed by atoms with E-state index in [1.807, 2.05) is 30.3 Å². The van der Waals surface area contributed by atoms with Crippen LogP contribution in [0.1, 0.15) is 12.8 Å². The van der Waals surface area contributed by atoms with Crippen molar-refractivity contribution in [2.24, 2.45) is 10.7 Å². The molecule has 0 saturated heterocycles. The summed E-state index contributed by atoms with van der Waals surface area (Å²) in [5, 5.41) is 0.428. The Bertz CT molecular complexity index is 1740. The first-order valence-corrected chi connectivity index (χ1v) is 12.5. The smallest absolute Gasteiger partial charge is 0.451 e. The van der Waals surface area contributed by atoms with E-state index in [1.54, 1.807) is 48.5 Å². The molecule has 0 fully saturated rings. The number of nitrogens with two attached hydrogens (primary N) is 1. The maximum Gasteiger partial charge on any atom is 0.451 e. The number of ether oxygens (including phenoxy) is 1. The Morgan fingerprint density at radius 1 is 0.975 bits per heavy atom. The van der Waals surface area contributed by atoms with Crippen molar-refractivity contribution in [1.82, 2.24) is 4.90 Å². The molecule has 2 N–H and O–H groups in total. The number of para-hydroxylation sites is 1. The number of benzene rings is 3. The van der Waals surface area contributed by atoms with Crippen LogP contribution in [0.2, 0.25) is 0 Å². The zero-order chi connectivity index (χ0) is 28.2. The Morgan fingerprint density at radius 3 is 2.40 bits per heavy atom. The fraction of sp³-hybridized carbons (Fsp3) is 0.133. The largest absolute Gasteiger partial charge is 0.493 e. The number of amides is 4. The molecule has 2 heterocycles. The molecule has 40 heavy (non-hydrogen) atoms. The van der Waals surface area contributed by atoms with Gasteiger partial charge >= 0.3 is 11.9 Å². The van der Waals surface area contributed by atoms with Gasteiger partial charge in [0.2, 0.25) is 11.6 Å². The maximum absolute atomic E-state index is 12.7. The number of aliphatic imine (C=N–C) groups is 1. The Labute approximate surface area is 228 Å². The third-order valence-electron chi connectivity index (χ3n) is 6.28. The highest BCUT2D eigenvalue weighted by Gasteiger charge is 2.42. The SMILES string of the molecule is CN1C(=O)C(=NC(=O)CCCOc2ccc3c(=O)cc(-c4ccccc4)oc3c2)C(N)=[N+](c2ccccc2)C1=O. The van der Waals surface area contributed by atoms with Crippen molar-refractivity contribution in [3.05, 3.63) is 95.2 Å². The molecular weight excluding hydrogens is 512 g/mol. The molecule has 1 aliphatic heterocycles. The minimum Gasteiger partial charge on any atom is -0.493 e. The summed E-state index contributed by atoms with van der Waals surface area (Å²) in [6, 6.07) is 23.6. The molecule has 4 aromatic rings. The van der Waals surface area contributed by atoms with Gasteiger partial charge in [-0.3, -0.25) is 9.59 Å². The quantitative estimate of drug-likeness (QED) is 0.279. The van der Waals surface area contributed by atoms with Crippen LogP contribution in [0.5, 0.6) is 5.75 Å². The van der Waals surface area contributed by atoms with Crippen LogP contribution in [0.4, 0.5) is 10.5 Å². The van der Waals surface area contributed by atoms with Gasteiger partial charge in [-0.25, -0.2) is 9.59 Å². The van der Waals surface area contributed by atoms with Crippen LogP contribution in [0.15, 0.2) is 99.1 Å². The van der Waals surface area contributed by atoms with E-state index in [0.29, 0.717) is 34.6 Å². The lowest BCUT2D eigenvalue weighted by Gasteiger charge is -2.20. The van der Waals surface area contributed by atoms with Crippen LogP contribution in [-0.4, -0.2) is 52.5 Å². The maximum atomic E-state index is 12.7. The van der Waals surface area contributed by atoms with Gasteiger partial charge in [0.15, 0.2) is 5.43 Å². The summed E-state index contributed by atoms with van der Waals surface area (Å²) in [6.07, 6.45) is 0.279. The molecule has 0 spiro atoms. The highest BCUT2D eigenvalue weighted by Crippen LogP contribution is 2.25. The monoisotopic (exact) mass is 537 g/mol. The zero-order valence-electron chi connectivity index (χ0n) is 21.6. The Kier molecular flexibility index (Phi) is 7.32. The van der Waals surface area contributed by atoms with E-state index in [0.717, 1.165) is 15.0 Å². The summed E-state index contributed by atoms with van der Waals surface area (Å²) in [4.78, 5) is 55.3. The zero-order valence-corrected chi connectivity index (χ0v) is 21.6. The first kappa shape index (κ1) is 26.2. The topological polar surface area (TPSA) is 135 Å². The average Bonchev–Trinajstić information content (AvgIpc) is 2.97. The molecule has 0 atom stereocenters. The molecule has 0 bridgehead atoms. The van der Waals surface area contributed by atoms with Crippen molar-refractivity contribution in [2.45, 2.75) is 12.8 Å². The summed E-state index contributed by atoms with van der Waals surface area (Å²) >= 11 is 0. The number of urea groups is 1. The van der Waals surface area contributed by atoms with Gasteiger partial charge in [-0.05, 0) is 30.7 Å². The summed E-state index contributed by atoms with van der Waals surface area (Å²) in [5.41, 5.74) is 7.27. The molecule has 0 unspecified atom stereocenters. The molecule has 10 nitrogen and oxygen atoms in total. The van der Waals surface area contributed by atoms with Crippen molar-refractivity contribution in [3.8, 4) is 17.1 Å². The molecule has 200 valence electrons. The number of hydrogen-bond acceptors (Lipinski definition) is 7. The lowest BCUT2D eigenvalue weighted by atomic mass is 10.1. The fourth-order valence-corrected chi connectivity index (χ4v) is 4.21. The average molecular weight is 538 g/mol. The van der Waals surface area contributed by atoms with E-state index >= 15 is 0 Å². The van der Waals surface area contributed by atoms with Crippen molar-refractivity contribution >= 4 is 46.0 Å². The molecule has 1 aromatic heterocycles. The van der Waals surface area contributed by atoms with Gasteiger partial charge in [0, 0.05) is 24.1 Å². The number of nitrogens with zero attached hydrogens (tertiary/aromatic N) is 3. The van der Waals surface area contributed by atoms with Gasteiger partial charge in [-0.1, -0.05) is 48.5 Å². The van der Waals surface area contributed by atoms with Crippen molar-refractivity contribution in [2.75, 3.05) is 13.7 Å². The minimum absolute atomic E-state index is 0.0200. The van der Waals surface area contributed by atoms with Crippen LogP contribution in [0, 0.1) is 0 Å². The lowest BCUT2D eigenvalue weighted by molar-refractivity contribution is -0.342. The standard InChI is InChI=1S/C30H24N4O6/c1-33-29(37)27(28(31)34(30(33)38)20-11-6-3-7-12-20)32-26(36)13-8-16-39-21-14-15-22-23(35)18-24(40-25(22)17-21)19-9-4-2-5-10-19/h2-7,9-12,14-15,17-18,31H,8,13,16H2,1H3/p+1. The third-order valence-corrected chi connectivity index (χ3v) is 6.28. The van der Waals surface area contributed by atoms with Gasteiger partial charge in [0.25, 0.3) is 5.84 Å². The normalized spacial score (nSPS) is 14.7. The first-order chi connectivity index (χ1) is 19.3. The van der Waals surface area contributed by atoms with Crippen molar-refractivity contribution < 1.29 is 28.1 Å². The fourth-order valence-electron chi connectivity index (χ4n) is 4.21. The molecule has 4 amide bonds. The van der Waals surface area contributed by atoms with E-state index in [2.05, 4.69) is 4.99 Å². The van der Waals surface area contributed by atoms with Gasteiger partial charge in [0.1, 0.15) is 22.8 Å². The van der Waals surface area contributed by atoms with Crippen molar-refractivity contribution in [1.29, 1.82) is 0 Å². The van der Waals surface area contributed by atoms with E-state index in [-0.39, 0.29) is 30.0 Å². The molecule has 0 aliphatic carbocycles. The van der Waals surface area contributed by atoms with E-state index in [1.165, 1.54) is 13.1 Å². The van der Waals surface area contributed by atoms with E-state index < -0.39 is 17.8 Å². The lowest BCUT2D eigenvalue weighted by Crippen LogP contribution is -2.55. The Morgan fingerprint density at radius 2 is 1.68 bits per heavy atom. The number of imide groups is 1. The van der Waals surface area contributed by atoms with E-state index in [9.17, 15) is 19.2 Å². The predicted molar refractivity (Wildman–Crippen MR) is 149 cm³/mol. The van der Waals surface area contributed by atoms with Crippen molar-refractivity contribution in [3.63, 3.8) is 0 Å². The molecule has 5 rings (SSSR count). The molecule has 10 heteroatoms. The van der Waals surface area contributed by atoms with E-state index in [4.69, 9.17) is 14.9 Å². The summed E-state index contributed by atoms with van der Waals surface area (Å²) in [7, 11) is 1.30. The molecule has 0 radical (unpaired) electrons. The second-order valence-electron chi connectivity index (χ2n) is 9.01. The second kappa shape index (κ2) is 11.2. The van der Waals surface area contributed by atoms with Gasteiger partial charge in [-0.15, -0.1) is 0 Å². The van der Waals surface area contributed by atoms with Crippen LogP contribution >= 0.6 is 0 Å². The number of rotatable bonds is 7. The molecule has 1 aliphatic rings. The minimum atomic E-state index is -0.758. The molecule has 3 aromatic carbocycles. The van der Waals surface area contributed by atoms with Crippen LogP contribution in [0.25, 0.3) is 22.3 Å². The van der Waals surface area contributed by atoms with Gasteiger partial charge in [0.05, 0.1) is 19.0 Å². The number of amidine groups is 1. The Balaban J connectivity index is 1.26. The van der Waals surface area contributed by atoms with Gasteiger partial charge in [-0.2, -0.15) is 14.5 Å². The highest BCUT2D eigenvalue weighted by atomic mass is 16.5. The van der Waals surface area contributed by atoms with Crippen LogP contribution in [0.3, 0.4) is 0 Å².